The van der Waals surface area contributed by atoms with Crippen LogP contribution in [0.25, 0.3) is 0 Å². The van der Waals surface area contributed by atoms with Crippen molar-refractivity contribution in [2.75, 3.05) is 58.4 Å². The first kappa shape index (κ1) is 30.3. The van der Waals surface area contributed by atoms with Gasteiger partial charge in [-0.2, -0.15) is 4.98 Å². The Morgan fingerprint density at radius 3 is 2.24 bits per heavy atom. The summed E-state index contributed by atoms with van der Waals surface area (Å²) in [6, 6.07) is 13.0. The second kappa shape index (κ2) is 12.2. The smallest absolute Gasteiger partial charge is 0.235 e. The predicted octanol–water partition coefficient (Wildman–Crippen LogP) is 4.53. The zero-order valence-corrected chi connectivity index (χ0v) is 26.9. The topological polar surface area (TPSA) is 149 Å². The van der Waals surface area contributed by atoms with Gasteiger partial charge in [0.15, 0.2) is 0 Å². The lowest BCUT2D eigenvalue weighted by atomic mass is 10.0. The average Bonchev–Trinajstić information content (AvgIpc) is 3.78. The van der Waals surface area contributed by atoms with Gasteiger partial charge in [0.05, 0.1) is 38.7 Å². The number of nitrogens with zero attached hydrogens (tertiary/aromatic N) is 4. The molecule has 1 saturated carbocycles. The van der Waals surface area contributed by atoms with Crippen LogP contribution in [-0.4, -0.2) is 76.4 Å². The molecule has 2 aromatic carbocycles. The van der Waals surface area contributed by atoms with Gasteiger partial charge in [-0.25, -0.2) is 21.8 Å². The normalized spacial score (nSPS) is 16.4. The van der Waals surface area contributed by atoms with Crippen LogP contribution in [0.3, 0.4) is 0 Å². The van der Waals surface area contributed by atoms with Crippen molar-refractivity contribution in [3.8, 4) is 0 Å². The minimum Gasteiger partial charge on any atom is -0.370 e. The maximum Gasteiger partial charge on any atom is 0.235 e. The summed E-state index contributed by atoms with van der Waals surface area (Å²) in [4.78, 5) is 13.4. The molecule has 12 nitrogen and oxygen atoms in total. The van der Waals surface area contributed by atoms with Gasteiger partial charge in [0.2, 0.25) is 26.0 Å². The van der Waals surface area contributed by atoms with Crippen LogP contribution in [0, 0.1) is 0 Å². The number of aromatic nitrogens is 2. The molecule has 0 atom stereocenters. The zero-order chi connectivity index (χ0) is 30.1. The van der Waals surface area contributed by atoms with Crippen molar-refractivity contribution in [1.29, 1.82) is 0 Å². The highest BCUT2D eigenvalue weighted by Crippen LogP contribution is 2.35. The molecule has 1 aliphatic carbocycles. The summed E-state index contributed by atoms with van der Waals surface area (Å²) in [6.45, 7) is 1.63. The second-order valence-electron chi connectivity index (χ2n) is 10.8. The van der Waals surface area contributed by atoms with Gasteiger partial charge in [0.1, 0.15) is 5.82 Å². The van der Waals surface area contributed by atoms with Crippen LogP contribution in [0.5, 0.6) is 0 Å². The third-order valence-electron chi connectivity index (χ3n) is 7.22. The molecule has 5 rings (SSSR count). The van der Waals surface area contributed by atoms with E-state index in [4.69, 9.17) is 0 Å². The molecule has 0 amide bonds. The Kier molecular flexibility index (Phi) is 8.83. The molecule has 0 spiro atoms. The quantitative estimate of drug-likeness (QED) is 0.228. The highest BCUT2D eigenvalue weighted by Gasteiger charge is 2.36. The molecular formula is C27H35BrN8O4S2. The molecule has 42 heavy (non-hydrogen) atoms. The van der Waals surface area contributed by atoms with E-state index < -0.39 is 20.0 Å². The zero-order valence-electron chi connectivity index (χ0n) is 23.6. The van der Waals surface area contributed by atoms with Gasteiger partial charge < -0.3 is 20.4 Å². The van der Waals surface area contributed by atoms with Gasteiger partial charge in [-0.05, 0) is 86.0 Å². The fourth-order valence-corrected chi connectivity index (χ4v) is 7.12. The first-order valence-corrected chi connectivity index (χ1v) is 17.8. The van der Waals surface area contributed by atoms with E-state index in [2.05, 4.69) is 69.9 Å². The summed E-state index contributed by atoms with van der Waals surface area (Å²) in [5.41, 5.74) is 2.84. The van der Waals surface area contributed by atoms with Crippen molar-refractivity contribution < 1.29 is 16.8 Å². The molecule has 3 aromatic rings. The highest BCUT2D eigenvalue weighted by molar-refractivity contribution is 9.10. The number of para-hydroxylation sites is 2. The number of halogens is 1. The lowest BCUT2D eigenvalue weighted by molar-refractivity contribution is 0.250. The molecule has 1 aliphatic heterocycles. The lowest BCUT2D eigenvalue weighted by Crippen LogP contribution is -2.42. The average molecular weight is 680 g/mol. The third kappa shape index (κ3) is 7.62. The third-order valence-corrected chi connectivity index (χ3v) is 10.2. The number of anilines is 7. The lowest BCUT2D eigenvalue weighted by Gasteiger charge is -2.37. The molecule has 0 bridgehead atoms. The van der Waals surface area contributed by atoms with Crippen LogP contribution in [0.1, 0.15) is 25.7 Å². The number of rotatable bonds is 11. The van der Waals surface area contributed by atoms with E-state index in [9.17, 15) is 16.8 Å². The molecular weight excluding hydrogens is 644 g/mol. The molecule has 0 radical (unpaired) electrons. The van der Waals surface area contributed by atoms with Crippen LogP contribution in [0.4, 0.5) is 40.2 Å². The van der Waals surface area contributed by atoms with Crippen molar-refractivity contribution in [2.24, 2.45) is 0 Å². The summed E-state index contributed by atoms with van der Waals surface area (Å²) < 4.78 is 55.4. The molecule has 1 saturated heterocycles. The van der Waals surface area contributed by atoms with Crippen LogP contribution in [0.15, 0.2) is 53.1 Å². The number of nitrogens with one attached hydrogen (secondary N) is 4. The van der Waals surface area contributed by atoms with E-state index in [0.29, 0.717) is 51.9 Å². The Hall–Kier alpha value is -3.14. The maximum absolute atomic E-state index is 12.5. The first-order chi connectivity index (χ1) is 19.9. The minimum atomic E-state index is -3.53. The van der Waals surface area contributed by atoms with E-state index in [0.717, 1.165) is 37.9 Å². The van der Waals surface area contributed by atoms with Gasteiger partial charge in [0, 0.05) is 31.0 Å². The van der Waals surface area contributed by atoms with E-state index in [1.165, 1.54) is 0 Å². The van der Waals surface area contributed by atoms with Crippen molar-refractivity contribution in [3.63, 3.8) is 0 Å². The minimum absolute atomic E-state index is 0.265. The maximum atomic E-state index is 12.5. The highest BCUT2D eigenvalue weighted by atomic mass is 79.9. The first-order valence-electron chi connectivity index (χ1n) is 13.6. The SMILES string of the molecule is CN(C)C1CCN(c2ccc(Nc3ncc(Br)c(Nc4ccccc4NS(=O)(=O)C4CC4)n3)cc2NS(C)(=O)=O)CC1. The van der Waals surface area contributed by atoms with Gasteiger partial charge >= 0.3 is 0 Å². The summed E-state index contributed by atoms with van der Waals surface area (Å²) in [5.74, 6) is 0.682. The number of piperidine rings is 1. The number of hydrogen-bond acceptors (Lipinski definition) is 10. The van der Waals surface area contributed by atoms with Crippen LogP contribution < -0.4 is 25.0 Å². The van der Waals surface area contributed by atoms with Crippen LogP contribution in [0.2, 0.25) is 0 Å². The fraction of sp³-hybridized carbons (Fsp3) is 0.407. The Balaban J connectivity index is 1.36. The predicted molar refractivity (Wildman–Crippen MR) is 172 cm³/mol. The molecule has 2 fully saturated rings. The molecule has 4 N–H and O–H groups in total. The van der Waals surface area contributed by atoms with Gasteiger partial charge in [-0.3, -0.25) is 9.44 Å². The summed E-state index contributed by atoms with van der Waals surface area (Å²) in [5, 5.41) is 5.99. The molecule has 15 heteroatoms. The van der Waals surface area contributed by atoms with Crippen molar-refractivity contribution in [1.82, 2.24) is 14.9 Å². The van der Waals surface area contributed by atoms with E-state index in [-0.39, 0.29) is 11.2 Å². The van der Waals surface area contributed by atoms with Crippen LogP contribution in [-0.2, 0) is 20.0 Å². The Morgan fingerprint density at radius 2 is 1.60 bits per heavy atom. The van der Waals surface area contributed by atoms with Gasteiger partial charge in [0.25, 0.3) is 0 Å². The van der Waals surface area contributed by atoms with Crippen molar-refractivity contribution >= 4 is 76.2 Å². The fourth-order valence-electron chi connectivity index (χ4n) is 4.86. The summed E-state index contributed by atoms with van der Waals surface area (Å²) >= 11 is 3.46. The number of benzene rings is 2. The Bertz CT molecular complexity index is 1660. The molecule has 0 unspecified atom stereocenters. The number of hydrogen-bond donors (Lipinski definition) is 4. The van der Waals surface area contributed by atoms with Gasteiger partial charge in [-0.15, -0.1) is 0 Å². The van der Waals surface area contributed by atoms with Gasteiger partial charge in [-0.1, -0.05) is 12.1 Å². The van der Waals surface area contributed by atoms with Crippen molar-refractivity contribution in [3.05, 3.63) is 53.1 Å². The Morgan fingerprint density at radius 1 is 0.905 bits per heavy atom. The molecule has 226 valence electrons. The summed E-state index contributed by atoms with van der Waals surface area (Å²) in [6.07, 6.45) is 6.00. The largest absolute Gasteiger partial charge is 0.370 e. The second-order valence-corrected chi connectivity index (χ2v) is 15.4. The molecule has 1 aromatic heterocycles. The number of sulfonamides is 2. The Labute approximate surface area is 255 Å². The van der Waals surface area contributed by atoms with E-state index in [1.807, 2.05) is 12.1 Å². The van der Waals surface area contributed by atoms with E-state index in [1.54, 1.807) is 36.5 Å². The van der Waals surface area contributed by atoms with Crippen LogP contribution >= 0.6 is 15.9 Å². The molecule has 2 aliphatic rings. The summed E-state index contributed by atoms with van der Waals surface area (Å²) in [7, 11) is -2.82. The standard InChI is InChI=1S/C27H35BrN8O4S2/c1-35(2)19-12-14-36(15-13-19)25-11-8-18(16-24(25)33-41(3,37)38)30-27-29-17-21(28)26(32-27)31-22-6-4-5-7-23(22)34-42(39,40)20-9-10-20/h4-8,11,16-17,19-20,33-34H,9-10,12-15H2,1-3H3,(H2,29,30,31,32). The monoisotopic (exact) mass is 678 g/mol. The van der Waals surface area contributed by atoms with Crippen molar-refractivity contribution in [2.45, 2.75) is 37.0 Å². The molecule has 2 heterocycles. The van der Waals surface area contributed by atoms with E-state index >= 15 is 0 Å².